The fourth-order valence-electron chi connectivity index (χ4n) is 3.00. The van der Waals surface area contributed by atoms with Crippen molar-refractivity contribution in [2.24, 2.45) is 5.92 Å². The zero-order valence-corrected chi connectivity index (χ0v) is 12.9. The average Bonchev–Trinajstić information content (AvgIpc) is 2.48. The molecule has 0 saturated carbocycles. The smallest absolute Gasteiger partial charge is 0.332 e. The van der Waals surface area contributed by atoms with Crippen LogP contribution in [0.1, 0.15) is 26.2 Å². The number of hydrogen-bond donors (Lipinski definition) is 2. The van der Waals surface area contributed by atoms with Crippen LogP contribution in [0.15, 0.2) is 0 Å². The molecule has 2 atom stereocenters. The third-order valence-electron chi connectivity index (χ3n) is 4.59. The van der Waals surface area contributed by atoms with Crippen molar-refractivity contribution in [2.45, 2.75) is 32.2 Å². The van der Waals surface area contributed by atoms with Gasteiger partial charge in [0.1, 0.15) is 6.04 Å². The van der Waals surface area contributed by atoms with Crippen molar-refractivity contribution >= 4 is 12.0 Å². The Morgan fingerprint density at radius 3 is 2.43 bits per heavy atom. The number of carbonyl (C=O) groups excluding carboxylic acids is 1. The van der Waals surface area contributed by atoms with E-state index in [-0.39, 0.29) is 6.03 Å². The number of hydrogen-bond acceptors (Lipinski definition) is 4. The molecule has 2 aliphatic rings. The van der Waals surface area contributed by atoms with Crippen LogP contribution in [-0.4, -0.2) is 77.7 Å². The average molecular weight is 298 g/mol. The molecule has 2 N–H and O–H groups in total. The van der Waals surface area contributed by atoms with Crippen molar-refractivity contribution in [1.29, 1.82) is 0 Å². The lowest BCUT2D eigenvalue weighted by molar-refractivity contribution is -0.144. The molecular formula is C14H26N4O3. The third-order valence-corrected chi connectivity index (χ3v) is 4.59. The van der Waals surface area contributed by atoms with E-state index in [0.717, 1.165) is 39.0 Å². The highest BCUT2D eigenvalue weighted by molar-refractivity contribution is 5.82. The predicted octanol–water partition coefficient (Wildman–Crippen LogP) is 0.434. The number of carboxylic acids is 1. The summed E-state index contributed by atoms with van der Waals surface area (Å²) in [6.07, 6.45) is 2.41. The lowest BCUT2D eigenvalue weighted by atomic mass is 9.89. The molecule has 0 spiro atoms. The van der Waals surface area contributed by atoms with E-state index in [2.05, 4.69) is 24.3 Å². The summed E-state index contributed by atoms with van der Waals surface area (Å²) in [6, 6.07) is -0.974. The number of urea groups is 1. The molecule has 2 aliphatic heterocycles. The van der Waals surface area contributed by atoms with Gasteiger partial charge in [0.05, 0.1) is 0 Å². The Morgan fingerprint density at radius 2 is 1.86 bits per heavy atom. The van der Waals surface area contributed by atoms with E-state index in [0.29, 0.717) is 18.9 Å². The summed E-state index contributed by atoms with van der Waals surface area (Å²) in [5.41, 5.74) is 2.86. The molecule has 2 saturated heterocycles. The molecule has 2 amide bonds. The summed E-state index contributed by atoms with van der Waals surface area (Å²) in [6.45, 7) is 5.94. The van der Waals surface area contributed by atoms with Crippen molar-refractivity contribution in [2.75, 3.05) is 39.8 Å². The number of aliphatic carboxylic acids is 1. The maximum Gasteiger partial charge on any atom is 0.332 e. The number of likely N-dealkylation sites (N-methyl/N-ethyl adjacent to an activating group) is 1. The van der Waals surface area contributed by atoms with Gasteiger partial charge in [0.25, 0.3) is 0 Å². The van der Waals surface area contributed by atoms with Crippen LogP contribution in [0, 0.1) is 5.92 Å². The first kappa shape index (κ1) is 16.0. The summed E-state index contributed by atoms with van der Waals surface area (Å²) in [7, 11) is 2.05. The lowest BCUT2D eigenvalue weighted by Crippen LogP contribution is -2.59. The van der Waals surface area contributed by atoms with Crippen LogP contribution < -0.4 is 5.43 Å². The van der Waals surface area contributed by atoms with E-state index in [9.17, 15) is 14.7 Å². The van der Waals surface area contributed by atoms with Crippen molar-refractivity contribution in [1.82, 2.24) is 20.2 Å². The van der Waals surface area contributed by atoms with Gasteiger partial charge >= 0.3 is 12.0 Å². The molecule has 7 heteroatoms. The number of hydrazine groups is 1. The van der Waals surface area contributed by atoms with Crippen LogP contribution in [0.2, 0.25) is 0 Å². The van der Waals surface area contributed by atoms with Gasteiger partial charge < -0.3 is 14.9 Å². The fraction of sp³-hybridized carbons (Fsp3) is 0.857. The van der Waals surface area contributed by atoms with Crippen molar-refractivity contribution in [3.05, 3.63) is 0 Å². The highest BCUT2D eigenvalue weighted by Crippen LogP contribution is 2.25. The zero-order chi connectivity index (χ0) is 15.4. The first-order chi connectivity index (χ1) is 10.0. The Balaban J connectivity index is 1.92. The Hall–Kier alpha value is -1.34. The Labute approximate surface area is 125 Å². The summed E-state index contributed by atoms with van der Waals surface area (Å²) >= 11 is 0. The molecule has 2 rings (SSSR count). The minimum atomic E-state index is -0.901. The second-order valence-electron chi connectivity index (χ2n) is 6.05. The topological polar surface area (TPSA) is 76.1 Å². The van der Waals surface area contributed by atoms with Gasteiger partial charge in [-0.3, -0.25) is 5.43 Å². The molecule has 0 aromatic heterocycles. The van der Waals surface area contributed by atoms with E-state index < -0.39 is 12.0 Å². The molecule has 21 heavy (non-hydrogen) atoms. The van der Waals surface area contributed by atoms with Crippen LogP contribution in [0.3, 0.4) is 0 Å². The summed E-state index contributed by atoms with van der Waals surface area (Å²) < 4.78 is 0. The van der Waals surface area contributed by atoms with Crippen molar-refractivity contribution in [3.8, 4) is 0 Å². The number of carbonyl (C=O) groups is 2. The van der Waals surface area contributed by atoms with Crippen LogP contribution in [0.4, 0.5) is 4.79 Å². The maximum absolute atomic E-state index is 12.4. The molecule has 2 fully saturated rings. The SMILES string of the molecule is CCC1CCN(C(=O)NN2CCN(C)CC2)C(C(=O)O)C1. The second-order valence-corrected chi connectivity index (χ2v) is 6.05. The number of nitrogens with one attached hydrogen (secondary N) is 1. The van der Waals surface area contributed by atoms with Crippen LogP contribution >= 0.6 is 0 Å². The fourth-order valence-corrected chi connectivity index (χ4v) is 3.00. The number of nitrogens with zero attached hydrogens (tertiary/aromatic N) is 3. The van der Waals surface area contributed by atoms with Crippen LogP contribution in [0.5, 0.6) is 0 Å². The maximum atomic E-state index is 12.4. The predicted molar refractivity (Wildman–Crippen MR) is 78.7 cm³/mol. The van der Waals surface area contributed by atoms with E-state index in [1.165, 1.54) is 4.90 Å². The van der Waals surface area contributed by atoms with Gasteiger partial charge in [0.2, 0.25) is 0 Å². The van der Waals surface area contributed by atoms with E-state index >= 15 is 0 Å². The molecule has 0 bridgehead atoms. The Bertz CT molecular complexity index is 382. The number of likely N-dealkylation sites (tertiary alicyclic amines) is 1. The molecular weight excluding hydrogens is 272 g/mol. The molecule has 0 aliphatic carbocycles. The summed E-state index contributed by atoms with van der Waals surface area (Å²) in [5, 5.41) is 11.3. The summed E-state index contributed by atoms with van der Waals surface area (Å²) in [5.74, 6) is -0.500. The standard InChI is InChI=1S/C14H26N4O3/c1-3-11-4-5-18(12(10-11)13(19)20)14(21)15-17-8-6-16(2)7-9-17/h11-12H,3-10H2,1-2H3,(H,15,21)(H,19,20). The van der Waals surface area contributed by atoms with Gasteiger partial charge in [-0.2, -0.15) is 0 Å². The lowest BCUT2D eigenvalue weighted by Gasteiger charge is -2.39. The minimum Gasteiger partial charge on any atom is -0.480 e. The van der Waals surface area contributed by atoms with E-state index in [1.807, 2.05) is 5.01 Å². The zero-order valence-electron chi connectivity index (χ0n) is 12.9. The van der Waals surface area contributed by atoms with Gasteiger partial charge in [0, 0.05) is 32.7 Å². The van der Waals surface area contributed by atoms with Crippen molar-refractivity contribution in [3.63, 3.8) is 0 Å². The number of carboxylic acid groups (broad SMARTS) is 1. The van der Waals surface area contributed by atoms with E-state index in [4.69, 9.17) is 0 Å². The van der Waals surface area contributed by atoms with Gasteiger partial charge in [0.15, 0.2) is 0 Å². The highest BCUT2D eigenvalue weighted by Gasteiger charge is 2.36. The number of piperidine rings is 1. The molecule has 0 aromatic rings. The molecule has 0 radical (unpaired) electrons. The molecule has 0 aromatic carbocycles. The highest BCUT2D eigenvalue weighted by atomic mass is 16.4. The minimum absolute atomic E-state index is 0.276. The van der Waals surface area contributed by atoms with Gasteiger partial charge in [-0.05, 0) is 25.8 Å². The monoisotopic (exact) mass is 298 g/mol. The van der Waals surface area contributed by atoms with Crippen LogP contribution in [0.25, 0.3) is 0 Å². The van der Waals surface area contributed by atoms with Gasteiger partial charge in [-0.15, -0.1) is 0 Å². The normalized spacial score (nSPS) is 28.4. The van der Waals surface area contributed by atoms with E-state index in [1.54, 1.807) is 0 Å². The number of piperazine rings is 1. The molecule has 120 valence electrons. The molecule has 2 heterocycles. The Kier molecular flexibility index (Phi) is 5.41. The first-order valence-corrected chi connectivity index (χ1v) is 7.74. The second kappa shape index (κ2) is 7.09. The Morgan fingerprint density at radius 1 is 1.19 bits per heavy atom. The van der Waals surface area contributed by atoms with Gasteiger partial charge in [-0.25, -0.2) is 14.6 Å². The largest absolute Gasteiger partial charge is 0.480 e. The molecule has 2 unspecified atom stereocenters. The third kappa shape index (κ3) is 4.07. The van der Waals surface area contributed by atoms with Crippen molar-refractivity contribution < 1.29 is 14.7 Å². The number of rotatable bonds is 3. The molecule has 7 nitrogen and oxygen atoms in total. The number of amides is 2. The van der Waals surface area contributed by atoms with Crippen LogP contribution in [-0.2, 0) is 4.79 Å². The summed E-state index contributed by atoms with van der Waals surface area (Å²) in [4.78, 5) is 27.5. The van der Waals surface area contributed by atoms with Gasteiger partial charge in [-0.1, -0.05) is 13.3 Å². The quantitative estimate of drug-likeness (QED) is 0.790. The first-order valence-electron chi connectivity index (χ1n) is 7.74.